The Kier molecular flexibility index (Phi) is 3.60. The molecule has 2 aromatic carbocycles. The molecule has 0 radical (unpaired) electrons. The molecule has 0 atom stereocenters. The van der Waals surface area contributed by atoms with Crippen molar-refractivity contribution < 1.29 is 5.11 Å². The van der Waals surface area contributed by atoms with Gasteiger partial charge >= 0.3 is 0 Å². The van der Waals surface area contributed by atoms with Crippen LogP contribution in [0.3, 0.4) is 0 Å². The SMILES string of the molecule is CCn1c(-c2ccc(I)c(O)c2)nc2ccc(Cl)cc21. The second-order valence-corrected chi connectivity index (χ2v) is 6.08. The third-order valence-electron chi connectivity index (χ3n) is 3.23. The minimum atomic E-state index is 0.274. The van der Waals surface area contributed by atoms with Gasteiger partial charge in [-0.05, 0) is 65.9 Å². The number of hydrogen-bond donors (Lipinski definition) is 1. The first-order valence-corrected chi connectivity index (χ1v) is 7.70. The number of imidazole rings is 1. The number of phenolic OH excluding ortho intramolecular Hbond substituents is 1. The highest BCUT2D eigenvalue weighted by atomic mass is 127. The highest BCUT2D eigenvalue weighted by molar-refractivity contribution is 14.1. The van der Waals surface area contributed by atoms with Gasteiger partial charge in [-0.15, -0.1) is 0 Å². The van der Waals surface area contributed by atoms with E-state index in [-0.39, 0.29) is 5.75 Å². The van der Waals surface area contributed by atoms with Crippen molar-refractivity contribution in [2.45, 2.75) is 13.5 Å². The van der Waals surface area contributed by atoms with Gasteiger partial charge in [-0.25, -0.2) is 4.98 Å². The van der Waals surface area contributed by atoms with E-state index in [1.807, 2.05) is 30.3 Å². The number of aromatic nitrogens is 2. The van der Waals surface area contributed by atoms with Crippen LogP contribution in [-0.4, -0.2) is 14.7 Å². The molecular formula is C15H12ClIN2O. The normalized spacial score (nSPS) is 11.2. The highest BCUT2D eigenvalue weighted by Gasteiger charge is 2.13. The molecule has 3 nitrogen and oxygen atoms in total. The van der Waals surface area contributed by atoms with Crippen molar-refractivity contribution in [3.63, 3.8) is 0 Å². The Morgan fingerprint density at radius 1 is 1.25 bits per heavy atom. The van der Waals surface area contributed by atoms with E-state index in [9.17, 15) is 5.11 Å². The summed E-state index contributed by atoms with van der Waals surface area (Å²) < 4.78 is 2.93. The first-order chi connectivity index (χ1) is 9.60. The lowest BCUT2D eigenvalue weighted by Gasteiger charge is -2.07. The summed E-state index contributed by atoms with van der Waals surface area (Å²) >= 11 is 8.17. The van der Waals surface area contributed by atoms with Gasteiger partial charge in [0.2, 0.25) is 0 Å². The second-order valence-electron chi connectivity index (χ2n) is 4.48. The van der Waals surface area contributed by atoms with Crippen molar-refractivity contribution in [3.8, 4) is 17.1 Å². The molecule has 1 heterocycles. The maximum atomic E-state index is 9.88. The minimum absolute atomic E-state index is 0.274. The lowest BCUT2D eigenvalue weighted by molar-refractivity contribution is 0.471. The number of halogens is 2. The summed E-state index contributed by atoms with van der Waals surface area (Å²) in [5.41, 5.74) is 2.81. The fourth-order valence-corrected chi connectivity index (χ4v) is 2.79. The summed E-state index contributed by atoms with van der Waals surface area (Å²) in [4.78, 5) is 4.66. The molecule has 5 heteroatoms. The van der Waals surface area contributed by atoms with Crippen LogP contribution in [0, 0.1) is 3.57 Å². The van der Waals surface area contributed by atoms with Gasteiger partial charge in [-0.1, -0.05) is 11.6 Å². The molecule has 0 saturated heterocycles. The highest BCUT2D eigenvalue weighted by Crippen LogP contribution is 2.30. The number of phenols is 1. The maximum Gasteiger partial charge on any atom is 0.141 e. The topological polar surface area (TPSA) is 38.0 Å². The Bertz CT molecular complexity index is 798. The van der Waals surface area contributed by atoms with E-state index in [0.29, 0.717) is 5.02 Å². The molecule has 0 amide bonds. The summed E-state index contributed by atoms with van der Waals surface area (Å²) in [6, 6.07) is 11.3. The molecule has 0 saturated carbocycles. The third kappa shape index (κ3) is 2.27. The Balaban J connectivity index is 2.27. The molecule has 3 rings (SSSR count). The second kappa shape index (κ2) is 5.26. The zero-order chi connectivity index (χ0) is 14.3. The molecule has 20 heavy (non-hydrogen) atoms. The molecule has 0 aliphatic heterocycles. The van der Waals surface area contributed by atoms with Crippen LogP contribution in [0.4, 0.5) is 0 Å². The molecule has 0 aliphatic rings. The van der Waals surface area contributed by atoms with Crippen LogP contribution in [0.25, 0.3) is 22.4 Å². The van der Waals surface area contributed by atoms with Gasteiger partial charge in [0.1, 0.15) is 11.6 Å². The number of rotatable bonds is 2. The van der Waals surface area contributed by atoms with Crippen molar-refractivity contribution in [2.75, 3.05) is 0 Å². The number of aryl methyl sites for hydroxylation is 1. The standard InChI is InChI=1S/C15H12ClIN2O/c1-2-19-13-8-10(16)4-6-12(13)18-15(19)9-3-5-11(17)14(20)7-9/h3-8,20H,2H2,1H3. The summed E-state index contributed by atoms with van der Waals surface area (Å²) in [5.74, 6) is 1.12. The van der Waals surface area contributed by atoms with Gasteiger partial charge in [0, 0.05) is 17.1 Å². The lowest BCUT2D eigenvalue weighted by atomic mass is 10.2. The molecule has 0 bridgehead atoms. The van der Waals surface area contributed by atoms with E-state index in [0.717, 1.165) is 32.5 Å². The maximum absolute atomic E-state index is 9.88. The van der Waals surface area contributed by atoms with Gasteiger partial charge < -0.3 is 9.67 Å². The van der Waals surface area contributed by atoms with Gasteiger partial charge in [-0.3, -0.25) is 0 Å². The van der Waals surface area contributed by atoms with Crippen LogP contribution in [0.5, 0.6) is 5.75 Å². The summed E-state index contributed by atoms with van der Waals surface area (Å²) in [6.07, 6.45) is 0. The summed E-state index contributed by atoms with van der Waals surface area (Å²) in [5, 5.41) is 10.6. The van der Waals surface area contributed by atoms with Gasteiger partial charge in [0.25, 0.3) is 0 Å². The molecule has 3 aromatic rings. The largest absolute Gasteiger partial charge is 0.507 e. The molecule has 0 unspecified atom stereocenters. The predicted octanol–water partition coefficient (Wildman–Crippen LogP) is 4.69. The minimum Gasteiger partial charge on any atom is -0.507 e. The monoisotopic (exact) mass is 398 g/mol. The molecule has 1 aromatic heterocycles. The van der Waals surface area contributed by atoms with Crippen molar-refractivity contribution in [1.82, 2.24) is 9.55 Å². The Morgan fingerprint density at radius 2 is 2.05 bits per heavy atom. The molecule has 0 aliphatic carbocycles. The Hall–Kier alpha value is -1.27. The van der Waals surface area contributed by atoms with Crippen LogP contribution in [0.15, 0.2) is 36.4 Å². The van der Waals surface area contributed by atoms with E-state index in [1.165, 1.54) is 0 Å². The van der Waals surface area contributed by atoms with Gasteiger partial charge in [0.15, 0.2) is 0 Å². The summed E-state index contributed by atoms with van der Waals surface area (Å²) in [7, 11) is 0. The molecule has 102 valence electrons. The Labute approximate surface area is 135 Å². The van der Waals surface area contributed by atoms with Crippen molar-refractivity contribution in [2.24, 2.45) is 0 Å². The van der Waals surface area contributed by atoms with E-state index >= 15 is 0 Å². The molecule has 0 spiro atoms. The lowest BCUT2D eigenvalue weighted by Crippen LogP contribution is -1.97. The van der Waals surface area contributed by atoms with Gasteiger partial charge in [-0.2, -0.15) is 0 Å². The van der Waals surface area contributed by atoms with Crippen molar-refractivity contribution >= 4 is 45.2 Å². The number of benzene rings is 2. The predicted molar refractivity (Wildman–Crippen MR) is 90.2 cm³/mol. The number of hydrogen-bond acceptors (Lipinski definition) is 2. The average Bonchev–Trinajstić information content (AvgIpc) is 2.79. The zero-order valence-corrected chi connectivity index (χ0v) is 13.7. The van der Waals surface area contributed by atoms with E-state index < -0.39 is 0 Å². The smallest absolute Gasteiger partial charge is 0.141 e. The van der Waals surface area contributed by atoms with Crippen molar-refractivity contribution in [3.05, 3.63) is 45.0 Å². The Morgan fingerprint density at radius 3 is 2.75 bits per heavy atom. The number of nitrogens with zero attached hydrogens (tertiary/aromatic N) is 2. The van der Waals surface area contributed by atoms with Gasteiger partial charge in [0.05, 0.1) is 14.6 Å². The average molecular weight is 399 g/mol. The van der Waals surface area contributed by atoms with E-state index in [1.54, 1.807) is 6.07 Å². The molecule has 0 fully saturated rings. The fraction of sp³-hybridized carbons (Fsp3) is 0.133. The van der Waals surface area contributed by atoms with Crippen LogP contribution in [-0.2, 0) is 6.54 Å². The first kappa shape index (κ1) is 13.7. The van der Waals surface area contributed by atoms with E-state index in [2.05, 4.69) is 39.1 Å². The summed E-state index contributed by atoms with van der Waals surface area (Å²) in [6.45, 7) is 2.86. The van der Waals surface area contributed by atoms with E-state index in [4.69, 9.17) is 11.6 Å². The number of aromatic hydroxyl groups is 1. The van der Waals surface area contributed by atoms with Crippen LogP contribution in [0.1, 0.15) is 6.92 Å². The van der Waals surface area contributed by atoms with Crippen LogP contribution >= 0.6 is 34.2 Å². The fourth-order valence-electron chi connectivity index (χ4n) is 2.29. The quantitative estimate of drug-likeness (QED) is 0.636. The van der Waals surface area contributed by atoms with Crippen LogP contribution < -0.4 is 0 Å². The first-order valence-electron chi connectivity index (χ1n) is 6.25. The number of fused-ring (bicyclic) bond motifs is 1. The third-order valence-corrected chi connectivity index (χ3v) is 4.38. The molecular weight excluding hydrogens is 387 g/mol. The van der Waals surface area contributed by atoms with Crippen molar-refractivity contribution in [1.29, 1.82) is 0 Å². The molecule has 1 N–H and O–H groups in total. The zero-order valence-electron chi connectivity index (χ0n) is 10.8. The van der Waals surface area contributed by atoms with Crippen LogP contribution in [0.2, 0.25) is 5.02 Å².